The van der Waals surface area contributed by atoms with E-state index in [2.05, 4.69) is 18.3 Å². The standard InChI is InChI=1S/C19H23Cl2NO2/c1-3-10-24-18-7-4-14(11-19(18)23-2)13-22-9-8-15-5-6-16(20)12-17(15)21/h4-7,11-12,22H,3,8-10,13H2,1-2H3. The molecule has 0 fully saturated rings. The number of methoxy groups -OCH3 is 1. The molecule has 0 aliphatic heterocycles. The van der Waals surface area contributed by atoms with Gasteiger partial charge in [-0.2, -0.15) is 0 Å². The zero-order chi connectivity index (χ0) is 17.4. The molecule has 0 aromatic heterocycles. The maximum absolute atomic E-state index is 6.18. The van der Waals surface area contributed by atoms with Crippen molar-refractivity contribution in [2.75, 3.05) is 20.3 Å². The van der Waals surface area contributed by atoms with Crippen molar-refractivity contribution in [3.63, 3.8) is 0 Å². The highest BCUT2D eigenvalue weighted by molar-refractivity contribution is 6.35. The highest BCUT2D eigenvalue weighted by atomic mass is 35.5. The van der Waals surface area contributed by atoms with E-state index in [1.165, 1.54) is 0 Å². The Balaban J connectivity index is 1.85. The number of benzene rings is 2. The largest absolute Gasteiger partial charge is 0.493 e. The first kappa shape index (κ1) is 18.9. The molecular formula is C19H23Cl2NO2. The summed E-state index contributed by atoms with van der Waals surface area (Å²) in [4.78, 5) is 0. The normalized spacial score (nSPS) is 10.7. The molecule has 0 aliphatic rings. The van der Waals surface area contributed by atoms with Gasteiger partial charge in [-0.15, -0.1) is 0 Å². The summed E-state index contributed by atoms with van der Waals surface area (Å²) in [5.74, 6) is 1.56. The van der Waals surface area contributed by atoms with Gasteiger partial charge >= 0.3 is 0 Å². The number of hydrogen-bond donors (Lipinski definition) is 1. The first-order valence-corrected chi connectivity index (χ1v) is 8.84. The molecular weight excluding hydrogens is 345 g/mol. The van der Waals surface area contributed by atoms with Crippen LogP contribution < -0.4 is 14.8 Å². The first-order valence-electron chi connectivity index (χ1n) is 8.08. The molecule has 0 bridgehead atoms. The van der Waals surface area contributed by atoms with Crippen LogP contribution in [-0.2, 0) is 13.0 Å². The predicted molar refractivity (Wildman–Crippen MR) is 101 cm³/mol. The second kappa shape index (κ2) is 9.77. The monoisotopic (exact) mass is 367 g/mol. The highest BCUT2D eigenvalue weighted by Crippen LogP contribution is 2.28. The van der Waals surface area contributed by atoms with Gasteiger partial charge in [0.15, 0.2) is 11.5 Å². The summed E-state index contributed by atoms with van der Waals surface area (Å²) >= 11 is 12.1. The Bertz CT molecular complexity index is 662. The smallest absolute Gasteiger partial charge is 0.161 e. The number of nitrogens with one attached hydrogen (secondary N) is 1. The molecule has 0 heterocycles. The molecule has 2 aromatic carbocycles. The van der Waals surface area contributed by atoms with Gasteiger partial charge in [-0.1, -0.05) is 42.3 Å². The highest BCUT2D eigenvalue weighted by Gasteiger charge is 2.06. The SMILES string of the molecule is CCCOc1ccc(CNCCc2ccc(Cl)cc2Cl)cc1OC. The molecule has 24 heavy (non-hydrogen) atoms. The second-order valence-electron chi connectivity index (χ2n) is 5.50. The van der Waals surface area contributed by atoms with E-state index < -0.39 is 0 Å². The summed E-state index contributed by atoms with van der Waals surface area (Å²) in [5.41, 5.74) is 2.24. The van der Waals surface area contributed by atoms with Gasteiger partial charge in [0.05, 0.1) is 13.7 Å². The summed E-state index contributed by atoms with van der Waals surface area (Å²) in [7, 11) is 1.66. The van der Waals surface area contributed by atoms with Crippen LogP contribution in [0.2, 0.25) is 10.0 Å². The van der Waals surface area contributed by atoms with Gasteiger partial charge in [0.2, 0.25) is 0 Å². The maximum Gasteiger partial charge on any atom is 0.161 e. The Kier molecular flexibility index (Phi) is 7.70. The van der Waals surface area contributed by atoms with E-state index in [0.717, 1.165) is 48.6 Å². The van der Waals surface area contributed by atoms with E-state index in [9.17, 15) is 0 Å². The van der Waals surface area contributed by atoms with Gasteiger partial charge in [-0.3, -0.25) is 0 Å². The van der Waals surface area contributed by atoms with Gasteiger partial charge in [0.1, 0.15) is 0 Å². The molecule has 2 aromatic rings. The molecule has 0 saturated carbocycles. The fraction of sp³-hybridized carbons (Fsp3) is 0.368. The molecule has 0 saturated heterocycles. The van der Waals surface area contributed by atoms with Gasteiger partial charge in [0.25, 0.3) is 0 Å². The van der Waals surface area contributed by atoms with Crippen LogP contribution in [0.25, 0.3) is 0 Å². The van der Waals surface area contributed by atoms with Crippen molar-refractivity contribution >= 4 is 23.2 Å². The molecule has 5 heteroatoms. The zero-order valence-electron chi connectivity index (χ0n) is 14.1. The summed E-state index contributed by atoms with van der Waals surface area (Å²) in [6.07, 6.45) is 1.82. The van der Waals surface area contributed by atoms with E-state index in [1.807, 2.05) is 24.3 Å². The molecule has 0 aliphatic carbocycles. The van der Waals surface area contributed by atoms with Crippen molar-refractivity contribution in [2.24, 2.45) is 0 Å². The lowest BCUT2D eigenvalue weighted by atomic mass is 10.1. The quantitative estimate of drug-likeness (QED) is 0.623. The Morgan fingerprint density at radius 3 is 2.58 bits per heavy atom. The number of halogens is 2. The van der Waals surface area contributed by atoms with E-state index in [0.29, 0.717) is 16.7 Å². The average molecular weight is 368 g/mol. The Morgan fingerprint density at radius 1 is 1.04 bits per heavy atom. The molecule has 0 unspecified atom stereocenters. The van der Waals surface area contributed by atoms with Crippen LogP contribution >= 0.6 is 23.2 Å². The van der Waals surface area contributed by atoms with Crippen LogP contribution in [-0.4, -0.2) is 20.3 Å². The molecule has 0 spiro atoms. The van der Waals surface area contributed by atoms with E-state index >= 15 is 0 Å². The van der Waals surface area contributed by atoms with Crippen molar-refractivity contribution in [3.05, 3.63) is 57.6 Å². The maximum atomic E-state index is 6.18. The van der Waals surface area contributed by atoms with Crippen molar-refractivity contribution in [3.8, 4) is 11.5 Å². The first-order chi connectivity index (χ1) is 11.6. The zero-order valence-corrected chi connectivity index (χ0v) is 15.6. The topological polar surface area (TPSA) is 30.5 Å². The van der Waals surface area contributed by atoms with Gasteiger partial charge in [-0.25, -0.2) is 0 Å². The van der Waals surface area contributed by atoms with E-state index in [4.69, 9.17) is 32.7 Å². The van der Waals surface area contributed by atoms with Crippen LogP contribution in [0, 0.1) is 0 Å². The summed E-state index contributed by atoms with van der Waals surface area (Å²) in [6, 6.07) is 11.6. The lowest BCUT2D eigenvalue weighted by molar-refractivity contribution is 0.294. The lowest BCUT2D eigenvalue weighted by Gasteiger charge is -2.12. The molecule has 1 N–H and O–H groups in total. The molecule has 0 radical (unpaired) electrons. The third-order valence-corrected chi connectivity index (χ3v) is 4.19. The average Bonchev–Trinajstić information content (AvgIpc) is 2.58. The third-order valence-electron chi connectivity index (χ3n) is 3.61. The van der Waals surface area contributed by atoms with E-state index in [-0.39, 0.29) is 0 Å². The predicted octanol–water partition coefficient (Wildman–Crippen LogP) is 5.12. The fourth-order valence-corrected chi connectivity index (χ4v) is 2.84. The number of ether oxygens (including phenoxy) is 2. The van der Waals surface area contributed by atoms with Crippen molar-refractivity contribution in [2.45, 2.75) is 26.3 Å². The van der Waals surface area contributed by atoms with Crippen LogP contribution in [0.4, 0.5) is 0 Å². The van der Waals surface area contributed by atoms with Gasteiger partial charge in [0, 0.05) is 16.6 Å². The number of rotatable bonds is 9. The lowest BCUT2D eigenvalue weighted by Crippen LogP contribution is -2.17. The van der Waals surface area contributed by atoms with Gasteiger partial charge in [-0.05, 0) is 54.8 Å². The molecule has 130 valence electrons. The van der Waals surface area contributed by atoms with Crippen LogP contribution in [0.1, 0.15) is 24.5 Å². The van der Waals surface area contributed by atoms with Crippen LogP contribution in [0.3, 0.4) is 0 Å². The van der Waals surface area contributed by atoms with Crippen molar-refractivity contribution in [1.82, 2.24) is 5.32 Å². The Morgan fingerprint density at radius 2 is 1.88 bits per heavy atom. The second-order valence-corrected chi connectivity index (χ2v) is 6.34. The summed E-state index contributed by atoms with van der Waals surface area (Å²) < 4.78 is 11.1. The molecule has 0 atom stereocenters. The Hall–Kier alpha value is -1.42. The Labute approximate surface area is 153 Å². The number of hydrogen-bond acceptors (Lipinski definition) is 3. The molecule has 3 nitrogen and oxygen atoms in total. The molecule has 2 rings (SSSR count). The minimum atomic E-state index is 0.661. The summed E-state index contributed by atoms with van der Waals surface area (Å²) in [6.45, 7) is 4.36. The minimum absolute atomic E-state index is 0.661. The third kappa shape index (κ3) is 5.59. The van der Waals surface area contributed by atoms with Crippen molar-refractivity contribution in [1.29, 1.82) is 0 Å². The minimum Gasteiger partial charge on any atom is -0.493 e. The van der Waals surface area contributed by atoms with Crippen LogP contribution in [0.15, 0.2) is 36.4 Å². The van der Waals surface area contributed by atoms with Crippen LogP contribution in [0.5, 0.6) is 11.5 Å². The van der Waals surface area contributed by atoms with Crippen molar-refractivity contribution < 1.29 is 9.47 Å². The van der Waals surface area contributed by atoms with Gasteiger partial charge < -0.3 is 14.8 Å². The fourth-order valence-electron chi connectivity index (χ4n) is 2.33. The van der Waals surface area contributed by atoms with E-state index in [1.54, 1.807) is 13.2 Å². The molecule has 0 amide bonds. The summed E-state index contributed by atoms with van der Waals surface area (Å²) in [5, 5.41) is 4.79.